The summed E-state index contributed by atoms with van der Waals surface area (Å²) < 4.78 is 4.62. The van der Waals surface area contributed by atoms with Gasteiger partial charge in [-0.15, -0.1) is 0 Å². The molecule has 2 aliphatic rings. The summed E-state index contributed by atoms with van der Waals surface area (Å²) in [7, 11) is 1.42. The van der Waals surface area contributed by atoms with Crippen LogP contribution in [-0.2, 0) is 9.53 Å². The van der Waals surface area contributed by atoms with E-state index in [1.807, 2.05) is 6.20 Å². The van der Waals surface area contributed by atoms with Gasteiger partial charge in [-0.2, -0.15) is 0 Å². The van der Waals surface area contributed by atoms with Gasteiger partial charge in [0.05, 0.1) is 7.11 Å². The molecule has 0 N–H and O–H groups in total. The fourth-order valence-corrected chi connectivity index (χ4v) is 3.07. The topological polar surface area (TPSA) is 29.5 Å². The Morgan fingerprint density at radius 2 is 2.00 bits per heavy atom. The van der Waals surface area contributed by atoms with Crippen LogP contribution in [0.25, 0.3) is 0 Å². The van der Waals surface area contributed by atoms with Crippen LogP contribution in [0.5, 0.6) is 0 Å². The molecule has 0 aromatic rings. The Labute approximate surface area is 97.5 Å². The lowest BCUT2D eigenvalue weighted by Crippen LogP contribution is -2.30. The summed E-state index contributed by atoms with van der Waals surface area (Å²) >= 11 is 0. The molecule has 0 aromatic heterocycles. The molecular weight excluding hydrogens is 202 g/mol. The lowest BCUT2D eigenvalue weighted by Gasteiger charge is -2.28. The third kappa shape index (κ3) is 2.57. The average molecular weight is 223 g/mol. The monoisotopic (exact) mass is 223 g/mol. The van der Waals surface area contributed by atoms with Gasteiger partial charge in [-0.25, -0.2) is 4.79 Å². The molecule has 1 atom stereocenters. The molecule has 90 valence electrons. The maximum absolute atomic E-state index is 11.1. The van der Waals surface area contributed by atoms with Gasteiger partial charge in [0.1, 0.15) is 0 Å². The number of ether oxygens (including phenoxy) is 1. The second-order valence-corrected chi connectivity index (χ2v) is 4.83. The van der Waals surface area contributed by atoms with Crippen LogP contribution in [-0.4, -0.2) is 30.6 Å². The first kappa shape index (κ1) is 11.5. The highest BCUT2D eigenvalue weighted by atomic mass is 16.5. The van der Waals surface area contributed by atoms with Gasteiger partial charge < -0.3 is 9.64 Å². The molecule has 1 saturated carbocycles. The molecule has 3 nitrogen and oxygen atoms in total. The molecule has 0 spiro atoms. The molecule has 1 saturated heterocycles. The van der Waals surface area contributed by atoms with Crippen LogP contribution < -0.4 is 0 Å². The van der Waals surface area contributed by atoms with Crippen molar-refractivity contribution in [2.45, 2.75) is 44.6 Å². The van der Waals surface area contributed by atoms with Crippen molar-refractivity contribution in [1.82, 2.24) is 4.90 Å². The SMILES string of the molecule is COC(=O)C=CN1CCCC1C1CCCC1. The summed E-state index contributed by atoms with van der Waals surface area (Å²) in [5, 5.41) is 0. The first-order valence-electron chi connectivity index (χ1n) is 6.33. The molecule has 2 fully saturated rings. The maximum atomic E-state index is 11.1. The van der Waals surface area contributed by atoms with Gasteiger partial charge in [-0.05, 0) is 31.6 Å². The Hall–Kier alpha value is -0.990. The highest BCUT2D eigenvalue weighted by molar-refractivity contribution is 5.81. The van der Waals surface area contributed by atoms with E-state index >= 15 is 0 Å². The Balaban J connectivity index is 1.92. The van der Waals surface area contributed by atoms with Crippen molar-refractivity contribution in [3.63, 3.8) is 0 Å². The zero-order valence-electron chi connectivity index (χ0n) is 10.0. The van der Waals surface area contributed by atoms with Gasteiger partial charge in [-0.1, -0.05) is 12.8 Å². The van der Waals surface area contributed by atoms with Crippen molar-refractivity contribution in [2.75, 3.05) is 13.7 Å². The molecule has 0 radical (unpaired) electrons. The molecular formula is C13H21NO2. The summed E-state index contributed by atoms with van der Waals surface area (Å²) in [5.41, 5.74) is 0. The number of hydrogen-bond donors (Lipinski definition) is 0. The third-order valence-electron chi connectivity index (χ3n) is 3.89. The van der Waals surface area contributed by atoms with Crippen LogP contribution in [0, 0.1) is 5.92 Å². The van der Waals surface area contributed by atoms with E-state index < -0.39 is 0 Å². The van der Waals surface area contributed by atoms with E-state index in [-0.39, 0.29) is 5.97 Å². The van der Waals surface area contributed by atoms with Gasteiger partial charge in [0.2, 0.25) is 0 Å². The van der Waals surface area contributed by atoms with Crippen molar-refractivity contribution in [3.05, 3.63) is 12.3 Å². The van der Waals surface area contributed by atoms with E-state index in [9.17, 15) is 4.79 Å². The molecule has 3 heteroatoms. The number of rotatable bonds is 3. The van der Waals surface area contributed by atoms with Crippen LogP contribution in [0.1, 0.15) is 38.5 Å². The molecule has 1 heterocycles. The first-order chi connectivity index (χ1) is 7.81. The second kappa shape index (κ2) is 5.37. The van der Waals surface area contributed by atoms with E-state index in [1.54, 1.807) is 6.08 Å². The van der Waals surface area contributed by atoms with E-state index in [2.05, 4.69) is 9.64 Å². The van der Waals surface area contributed by atoms with E-state index in [1.165, 1.54) is 45.6 Å². The van der Waals surface area contributed by atoms with Gasteiger partial charge >= 0.3 is 5.97 Å². The van der Waals surface area contributed by atoms with Crippen molar-refractivity contribution in [3.8, 4) is 0 Å². The van der Waals surface area contributed by atoms with Crippen molar-refractivity contribution >= 4 is 5.97 Å². The van der Waals surface area contributed by atoms with Gasteiger partial charge in [0, 0.05) is 24.9 Å². The Kier molecular flexibility index (Phi) is 3.86. The number of esters is 1. The van der Waals surface area contributed by atoms with Crippen LogP contribution in [0.4, 0.5) is 0 Å². The molecule has 0 amide bonds. The highest BCUT2D eigenvalue weighted by Crippen LogP contribution is 2.35. The van der Waals surface area contributed by atoms with Crippen molar-refractivity contribution in [2.24, 2.45) is 5.92 Å². The van der Waals surface area contributed by atoms with E-state index in [4.69, 9.17) is 0 Å². The summed E-state index contributed by atoms with van der Waals surface area (Å²) in [4.78, 5) is 13.4. The number of nitrogens with zero attached hydrogens (tertiary/aromatic N) is 1. The molecule has 1 unspecified atom stereocenters. The fourth-order valence-electron chi connectivity index (χ4n) is 3.07. The Morgan fingerprint density at radius 3 is 2.69 bits per heavy atom. The van der Waals surface area contributed by atoms with Gasteiger partial charge in [0.15, 0.2) is 0 Å². The minimum atomic E-state index is -0.253. The lowest BCUT2D eigenvalue weighted by atomic mass is 9.96. The number of carbonyl (C=O) groups is 1. The number of hydrogen-bond acceptors (Lipinski definition) is 3. The highest BCUT2D eigenvalue weighted by Gasteiger charge is 2.31. The summed E-state index contributed by atoms with van der Waals surface area (Å²) in [6, 6.07) is 0.670. The van der Waals surface area contributed by atoms with Crippen LogP contribution >= 0.6 is 0 Å². The summed E-state index contributed by atoms with van der Waals surface area (Å²) in [6.07, 6.45) is 11.5. The predicted molar refractivity (Wildman–Crippen MR) is 62.8 cm³/mol. The molecule has 2 rings (SSSR count). The minimum absolute atomic E-state index is 0.253. The zero-order valence-corrected chi connectivity index (χ0v) is 10.0. The average Bonchev–Trinajstić information content (AvgIpc) is 2.95. The molecule has 1 aliphatic carbocycles. The summed E-state index contributed by atoms with van der Waals surface area (Å²) in [6.45, 7) is 1.09. The van der Waals surface area contributed by atoms with Crippen LogP contribution in [0.15, 0.2) is 12.3 Å². The Morgan fingerprint density at radius 1 is 1.25 bits per heavy atom. The second-order valence-electron chi connectivity index (χ2n) is 4.83. The normalized spacial score (nSPS) is 26.8. The number of likely N-dealkylation sites (tertiary alicyclic amines) is 1. The number of carbonyl (C=O) groups excluding carboxylic acids is 1. The minimum Gasteiger partial charge on any atom is -0.466 e. The maximum Gasteiger partial charge on any atom is 0.331 e. The molecule has 0 aromatic carbocycles. The van der Waals surface area contributed by atoms with Gasteiger partial charge in [0.25, 0.3) is 0 Å². The van der Waals surface area contributed by atoms with Crippen LogP contribution in [0.3, 0.4) is 0 Å². The van der Waals surface area contributed by atoms with Crippen molar-refractivity contribution in [1.29, 1.82) is 0 Å². The number of methoxy groups -OCH3 is 1. The van der Waals surface area contributed by atoms with E-state index in [0.717, 1.165) is 12.5 Å². The largest absolute Gasteiger partial charge is 0.466 e. The molecule has 16 heavy (non-hydrogen) atoms. The molecule has 0 bridgehead atoms. The first-order valence-corrected chi connectivity index (χ1v) is 6.33. The quantitative estimate of drug-likeness (QED) is 0.543. The zero-order chi connectivity index (χ0) is 11.4. The van der Waals surface area contributed by atoms with Crippen molar-refractivity contribution < 1.29 is 9.53 Å². The molecule has 1 aliphatic heterocycles. The smallest absolute Gasteiger partial charge is 0.331 e. The van der Waals surface area contributed by atoms with E-state index in [0.29, 0.717) is 6.04 Å². The Bertz CT molecular complexity index is 269. The predicted octanol–water partition coefficient (Wildman–Crippen LogP) is 2.33. The summed E-state index contributed by atoms with van der Waals surface area (Å²) in [5.74, 6) is 0.599. The third-order valence-corrected chi connectivity index (χ3v) is 3.89. The lowest BCUT2D eigenvalue weighted by molar-refractivity contribution is -0.134. The fraction of sp³-hybridized carbons (Fsp3) is 0.769. The van der Waals surface area contributed by atoms with Gasteiger partial charge in [-0.3, -0.25) is 0 Å². The standard InChI is InChI=1S/C13H21NO2/c1-16-13(15)8-10-14-9-4-7-12(14)11-5-2-3-6-11/h8,10-12H,2-7,9H2,1H3. The van der Waals surface area contributed by atoms with Crippen LogP contribution in [0.2, 0.25) is 0 Å².